The van der Waals surface area contributed by atoms with Gasteiger partial charge in [-0.2, -0.15) is 0 Å². The molecular formula is C16H14F3N. The van der Waals surface area contributed by atoms with Gasteiger partial charge in [-0.15, -0.1) is 0 Å². The van der Waals surface area contributed by atoms with Gasteiger partial charge in [-0.3, -0.25) is 0 Å². The summed E-state index contributed by atoms with van der Waals surface area (Å²) in [5.74, 6) is -2.71. The molecule has 0 spiro atoms. The van der Waals surface area contributed by atoms with Crippen LogP contribution in [0.1, 0.15) is 29.2 Å². The molecule has 1 unspecified atom stereocenters. The van der Waals surface area contributed by atoms with Gasteiger partial charge in [0, 0.05) is 12.1 Å². The molecule has 1 N–H and O–H groups in total. The molecule has 0 saturated carbocycles. The number of rotatable bonds is 2. The number of hydrogen-bond donors (Lipinski definition) is 1. The first-order chi connectivity index (χ1) is 9.54. The minimum Gasteiger partial charge on any atom is -0.373 e. The maximum Gasteiger partial charge on any atom is 0.152 e. The lowest BCUT2D eigenvalue weighted by molar-refractivity contribution is 0.544. The molecule has 0 aromatic heterocycles. The van der Waals surface area contributed by atoms with Gasteiger partial charge in [0.2, 0.25) is 0 Å². The van der Waals surface area contributed by atoms with Crippen molar-refractivity contribution in [2.75, 3.05) is 5.32 Å². The molecule has 0 bridgehead atoms. The first kappa shape index (κ1) is 13.0. The SMILES string of the molecule is Cc1ccc2c(c1)C(Nc1c(F)cc(F)cc1F)CC2. The van der Waals surface area contributed by atoms with E-state index in [1.54, 1.807) is 0 Å². The zero-order valence-electron chi connectivity index (χ0n) is 11.0. The Morgan fingerprint density at radius 2 is 1.75 bits per heavy atom. The Morgan fingerprint density at radius 1 is 1.05 bits per heavy atom. The minimum atomic E-state index is -0.909. The Kier molecular flexibility index (Phi) is 3.16. The van der Waals surface area contributed by atoms with Crippen molar-refractivity contribution in [2.45, 2.75) is 25.8 Å². The molecule has 0 amide bonds. The van der Waals surface area contributed by atoms with E-state index in [1.807, 2.05) is 25.1 Å². The van der Waals surface area contributed by atoms with E-state index in [-0.39, 0.29) is 11.7 Å². The standard InChI is InChI=1S/C16H14F3N/c1-9-2-3-10-4-5-15(12(10)6-9)20-16-13(18)7-11(17)8-14(16)19/h2-3,6-8,15,20H,4-5H2,1H3. The molecule has 0 radical (unpaired) electrons. The van der Waals surface area contributed by atoms with E-state index in [1.165, 1.54) is 5.56 Å². The van der Waals surface area contributed by atoms with E-state index in [4.69, 9.17) is 0 Å². The summed E-state index contributed by atoms with van der Waals surface area (Å²) in [6.45, 7) is 1.98. The molecule has 0 heterocycles. The van der Waals surface area contributed by atoms with Crippen LogP contribution in [0.2, 0.25) is 0 Å². The Hall–Kier alpha value is -1.97. The molecule has 3 rings (SSSR count). The first-order valence-corrected chi connectivity index (χ1v) is 6.55. The summed E-state index contributed by atoms with van der Waals surface area (Å²) in [6.07, 6.45) is 1.65. The van der Waals surface area contributed by atoms with E-state index in [2.05, 4.69) is 5.32 Å². The Balaban J connectivity index is 1.93. The van der Waals surface area contributed by atoms with Crippen LogP contribution in [0.15, 0.2) is 30.3 Å². The molecular weight excluding hydrogens is 263 g/mol. The Bertz CT molecular complexity index is 644. The van der Waals surface area contributed by atoms with Crippen LogP contribution >= 0.6 is 0 Å². The summed E-state index contributed by atoms with van der Waals surface area (Å²) in [5, 5.41) is 2.87. The van der Waals surface area contributed by atoms with E-state index in [9.17, 15) is 13.2 Å². The van der Waals surface area contributed by atoms with Crippen LogP contribution in [-0.2, 0) is 6.42 Å². The quantitative estimate of drug-likeness (QED) is 0.851. The smallest absolute Gasteiger partial charge is 0.152 e. The summed E-state index contributed by atoms with van der Waals surface area (Å²) in [4.78, 5) is 0. The highest BCUT2D eigenvalue weighted by molar-refractivity contribution is 5.51. The van der Waals surface area contributed by atoms with E-state index in [0.29, 0.717) is 12.1 Å². The summed E-state index contributed by atoms with van der Waals surface area (Å²) in [6, 6.07) is 7.35. The van der Waals surface area contributed by atoms with Crippen molar-refractivity contribution in [3.8, 4) is 0 Å². The average molecular weight is 277 g/mol. The van der Waals surface area contributed by atoms with Crippen molar-refractivity contribution in [2.24, 2.45) is 0 Å². The highest BCUT2D eigenvalue weighted by Gasteiger charge is 2.24. The van der Waals surface area contributed by atoms with Gasteiger partial charge in [0.05, 0.1) is 6.04 Å². The van der Waals surface area contributed by atoms with Gasteiger partial charge in [0.25, 0.3) is 0 Å². The third-order valence-electron chi connectivity index (χ3n) is 3.70. The molecule has 0 saturated heterocycles. The molecule has 2 aromatic carbocycles. The van der Waals surface area contributed by atoms with Gasteiger partial charge in [0.1, 0.15) is 11.5 Å². The van der Waals surface area contributed by atoms with Crippen LogP contribution in [-0.4, -0.2) is 0 Å². The van der Waals surface area contributed by atoms with Gasteiger partial charge in [-0.1, -0.05) is 23.8 Å². The lowest BCUT2D eigenvalue weighted by Crippen LogP contribution is -2.10. The number of halogens is 3. The number of hydrogen-bond acceptors (Lipinski definition) is 1. The largest absolute Gasteiger partial charge is 0.373 e. The van der Waals surface area contributed by atoms with Gasteiger partial charge in [0.15, 0.2) is 11.6 Å². The third kappa shape index (κ3) is 2.26. The van der Waals surface area contributed by atoms with Crippen molar-refractivity contribution in [3.05, 3.63) is 64.5 Å². The molecule has 2 aromatic rings. The lowest BCUT2D eigenvalue weighted by atomic mass is 10.0. The van der Waals surface area contributed by atoms with Gasteiger partial charge >= 0.3 is 0 Å². The third-order valence-corrected chi connectivity index (χ3v) is 3.70. The minimum absolute atomic E-state index is 0.139. The summed E-state index contributed by atoms with van der Waals surface area (Å²) in [5.41, 5.74) is 3.10. The van der Waals surface area contributed by atoms with Crippen molar-refractivity contribution in [1.29, 1.82) is 0 Å². The molecule has 1 atom stereocenters. The first-order valence-electron chi connectivity index (χ1n) is 6.55. The lowest BCUT2D eigenvalue weighted by Gasteiger charge is -2.17. The van der Waals surface area contributed by atoms with Crippen molar-refractivity contribution in [3.63, 3.8) is 0 Å². The molecule has 1 aliphatic rings. The molecule has 4 heteroatoms. The highest BCUT2D eigenvalue weighted by atomic mass is 19.1. The zero-order valence-corrected chi connectivity index (χ0v) is 11.0. The number of anilines is 1. The maximum absolute atomic E-state index is 13.7. The van der Waals surface area contributed by atoms with E-state index >= 15 is 0 Å². The fourth-order valence-electron chi connectivity index (χ4n) is 2.73. The molecule has 20 heavy (non-hydrogen) atoms. The monoisotopic (exact) mass is 277 g/mol. The van der Waals surface area contributed by atoms with Gasteiger partial charge < -0.3 is 5.32 Å². The molecule has 1 aliphatic carbocycles. The van der Waals surface area contributed by atoms with Crippen LogP contribution in [0.5, 0.6) is 0 Å². The average Bonchev–Trinajstić information content (AvgIpc) is 2.76. The highest BCUT2D eigenvalue weighted by Crippen LogP contribution is 2.35. The van der Waals surface area contributed by atoms with Crippen molar-refractivity contribution in [1.82, 2.24) is 0 Å². The summed E-state index contributed by atoms with van der Waals surface area (Å²) in [7, 11) is 0. The van der Waals surface area contributed by atoms with Crippen molar-refractivity contribution < 1.29 is 13.2 Å². The van der Waals surface area contributed by atoms with Crippen LogP contribution in [0, 0.1) is 24.4 Å². The topological polar surface area (TPSA) is 12.0 Å². The number of benzene rings is 2. The summed E-state index contributed by atoms with van der Waals surface area (Å²) >= 11 is 0. The second-order valence-corrected chi connectivity index (χ2v) is 5.18. The Morgan fingerprint density at radius 3 is 2.45 bits per heavy atom. The molecule has 0 fully saturated rings. The zero-order chi connectivity index (χ0) is 14.3. The van der Waals surface area contributed by atoms with Crippen molar-refractivity contribution >= 4 is 5.69 Å². The summed E-state index contributed by atoms with van der Waals surface area (Å²) < 4.78 is 40.3. The molecule has 104 valence electrons. The van der Waals surface area contributed by atoms with Crippen LogP contribution < -0.4 is 5.32 Å². The van der Waals surface area contributed by atoms with Crippen LogP contribution in [0.3, 0.4) is 0 Å². The fraction of sp³-hybridized carbons (Fsp3) is 0.250. The predicted molar refractivity (Wildman–Crippen MR) is 72.2 cm³/mol. The van der Waals surface area contributed by atoms with Crippen LogP contribution in [0.4, 0.5) is 18.9 Å². The maximum atomic E-state index is 13.7. The predicted octanol–water partition coefficient (Wildman–Crippen LogP) is 4.51. The number of nitrogens with one attached hydrogen (secondary N) is 1. The molecule has 0 aliphatic heterocycles. The number of aryl methyl sites for hydroxylation is 2. The fourth-order valence-corrected chi connectivity index (χ4v) is 2.73. The normalized spacial score (nSPS) is 17.1. The number of fused-ring (bicyclic) bond motifs is 1. The van der Waals surface area contributed by atoms with Gasteiger partial charge in [-0.05, 0) is 30.9 Å². The van der Waals surface area contributed by atoms with Gasteiger partial charge in [-0.25, -0.2) is 13.2 Å². The second kappa shape index (κ2) is 4.85. The molecule has 1 nitrogen and oxygen atoms in total. The van der Waals surface area contributed by atoms with E-state index < -0.39 is 17.5 Å². The Labute approximate surface area is 115 Å². The van der Waals surface area contributed by atoms with Crippen LogP contribution in [0.25, 0.3) is 0 Å². The van der Waals surface area contributed by atoms with E-state index in [0.717, 1.165) is 24.0 Å². The second-order valence-electron chi connectivity index (χ2n) is 5.18.